The SMILES string of the molecule is Cc1ccc(N(CC(=O)N(Cc2ccccc2)C(C)C(=O)NC2CCCCC2)S(=O)(=O)c2ccccc2)cc1Cl. The molecule has 0 aliphatic heterocycles. The Labute approximate surface area is 242 Å². The number of rotatable bonds is 10. The Hall–Kier alpha value is -3.36. The van der Waals surface area contributed by atoms with Crippen molar-refractivity contribution in [3.8, 4) is 0 Å². The Balaban J connectivity index is 1.67. The summed E-state index contributed by atoms with van der Waals surface area (Å²) in [4.78, 5) is 28.9. The van der Waals surface area contributed by atoms with Gasteiger partial charge in [0, 0.05) is 17.6 Å². The Morgan fingerprint density at radius 1 is 0.950 bits per heavy atom. The number of hydrogen-bond donors (Lipinski definition) is 1. The van der Waals surface area contributed by atoms with E-state index >= 15 is 0 Å². The van der Waals surface area contributed by atoms with Gasteiger partial charge in [-0.2, -0.15) is 0 Å². The van der Waals surface area contributed by atoms with E-state index in [9.17, 15) is 18.0 Å². The summed E-state index contributed by atoms with van der Waals surface area (Å²) >= 11 is 6.38. The molecule has 3 aromatic carbocycles. The molecule has 2 amide bonds. The number of amides is 2. The van der Waals surface area contributed by atoms with Crippen LogP contribution in [0.15, 0.2) is 83.8 Å². The maximum absolute atomic E-state index is 14.0. The summed E-state index contributed by atoms with van der Waals surface area (Å²) < 4.78 is 28.8. The van der Waals surface area contributed by atoms with Crippen LogP contribution in [0, 0.1) is 6.92 Å². The van der Waals surface area contributed by atoms with Gasteiger partial charge in [-0.05, 0) is 62.1 Å². The van der Waals surface area contributed by atoms with Gasteiger partial charge in [-0.15, -0.1) is 0 Å². The highest BCUT2D eigenvalue weighted by Crippen LogP contribution is 2.28. The van der Waals surface area contributed by atoms with Gasteiger partial charge in [0.15, 0.2) is 0 Å². The molecule has 212 valence electrons. The van der Waals surface area contributed by atoms with Crippen molar-refractivity contribution in [3.63, 3.8) is 0 Å². The standard InChI is InChI=1S/C31H36ClN3O4S/c1-23-18-19-27(20-29(23)32)35(40(38,39)28-16-10-5-11-17-28)22-30(36)34(21-25-12-6-3-7-13-25)24(2)31(37)33-26-14-8-4-9-15-26/h3,5-7,10-13,16-20,24,26H,4,8-9,14-15,21-22H2,1-2H3,(H,33,37). The second kappa shape index (κ2) is 13.3. The minimum atomic E-state index is -4.13. The van der Waals surface area contributed by atoms with Gasteiger partial charge in [-0.25, -0.2) is 8.42 Å². The lowest BCUT2D eigenvalue weighted by atomic mass is 9.95. The Kier molecular flexibility index (Phi) is 9.87. The van der Waals surface area contributed by atoms with Crippen molar-refractivity contribution in [1.82, 2.24) is 10.2 Å². The molecule has 4 rings (SSSR count). The van der Waals surface area contributed by atoms with Crippen molar-refractivity contribution in [1.29, 1.82) is 0 Å². The third-order valence-electron chi connectivity index (χ3n) is 7.37. The molecule has 0 heterocycles. The third-order valence-corrected chi connectivity index (χ3v) is 9.56. The number of sulfonamides is 1. The highest BCUT2D eigenvalue weighted by molar-refractivity contribution is 7.92. The van der Waals surface area contributed by atoms with E-state index in [1.807, 2.05) is 37.3 Å². The first-order valence-electron chi connectivity index (χ1n) is 13.6. The molecule has 0 radical (unpaired) electrons. The zero-order chi connectivity index (χ0) is 28.7. The van der Waals surface area contributed by atoms with Crippen molar-refractivity contribution < 1.29 is 18.0 Å². The van der Waals surface area contributed by atoms with E-state index < -0.39 is 28.5 Å². The first kappa shape index (κ1) is 29.6. The van der Waals surface area contributed by atoms with Crippen molar-refractivity contribution in [2.75, 3.05) is 10.8 Å². The van der Waals surface area contributed by atoms with Crippen LogP contribution in [0.1, 0.15) is 50.2 Å². The van der Waals surface area contributed by atoms with E-state index in [1.54, 1.807) is 43.3 Å². The number of benzene rings is 3. The monoisotopic (exact) mass is 581 g/mol. The van der Waals surface area contributed by atoms with E-state index in [2.05, 4.69) is 5.32 Å². The lowest BCUT2D eigenvalue weighted by Crippen LogP contribution is -2.53. The summed E-state index contributed by atoms with van der Waals surface area (Å²) in [6.45, 7) is 3.18. The van der Waals surface area contributed by atoms with Gasteiger partial charge in [0.25, 0.3) is 10.0 Å². The van der Waals surface area contributed by atoms with Gasteiger partial charge in [0.1, 0.15) is 12.6 Å². The lowest BCUT2D eigenvalue weighted by molar-refractivity contribution is -0.139. The average Bonchev–Trinajstić information content (AvgIpc) is 2.97. The van der Waals surface area contributed by atoms with E-state index in [1.165, 1.54) is 17.0 Å². The summed E-state index contributed by atoms with van der Waals surface area (Å²) in [6.07, 6.45) is 5.13. The summed E-state index contributed by atoms with van der Waals surface area (Å²) in [5.41, 5.74) is 1.89. The molecular weight excluding hydrogens is 546 g/mol. The van der Waals surface area contributed by atoms with Gasteiger partial charge in [0.2, 0.25) is 11.8 Å². The maximum Gasteiger partial charge on any atom is 0.264 e. The molecule has 40 heavy (non-hydrogen) atoms. The molecule has 1 aliphatic rings. The number of nitrogens with one attached hydrogen (secondary N) is 1. The van der Waals surface area contributed by atoms with Gasteiger partial charge in [-0.1, -0.05) is 85.5 Å². The minimum absolute atomic E-state index is 0.0530. The van der Waals surface area contributed by atoms with E-state index in [0.29, 0.717) is 5.02 Å². The lowest BCUT2D eigenvalue weighted by Gasteiger charge is -2.33. The normalized spacial score (nSPS) is 14.8. The van der Waals surface area contributed by atoms with E-state index in [0.717, 1.165) is 47.5 Å². The number of aryl methyl sites for hydroxylation is 1. The van der Waals surface area contributed by atoms with Crippen LogP contribution in [0.2, 0.25) is 5.02 Å². The molecule has 0 saturated heterocycles. The van der Waals surface area contributed by atoms with E-state index in [-0.39, 0.29) is 29.1 Å². The topological polar surface area (TPSA) is 86.8 Å². The van der Waals surface area contributed by atoms with Crippen LogP contribution in [0.25, 0.3) is 0 Å². The maximum atomic E-state index is 14.0. The fourth-order valence-electron chi connectivity index (χ4n) is 4.92. The zero-order valence-electron chi connectivity index (χ0n) is 22.9. The molecule has 3 aromatic rings. The Morgan fingerprint density at radius 2 is 1.57 bits per heavy atom. The van der Waals surface area contributed by atoms with Crippen LogP contribution >= 0.6 is 11.6 Å². The van der Waals surface area contributed by atoms with Crippen LogP contribution < -0.4 is 9.62 Å². The first-order valence-corrected chi connectivity index (χ1v) is 15.5. The highest BCUT2D eigenvalue weighted by Gasteiger charge is 2.33. The number of anilines is 1. The number of halogens is 1. The summed E-state index contributed by atoms with van der Waals surface area (Å²) in [7, 11) is -4.13. The highest BCUT2D eigenvalue weighted by atomic mass is 35.5. The van der Waals surface area contributed by atoms with Crippen LogP contribution in [0.5, 0.6) is 0 Å². The quantitative estimate of drug-likeness (QED) is 0.332. The Morgan fingerprint density at radius 3 is 2.20 bits per heavy atom. The summed E-state index contributed by atoms with van der Waals surface area (Å²) in [5, 5.41) is 3.50. The molecule has 1 unspecified atom stereocenters. The number of nitrogens with zero attached hydrogens (tertiary/aromatic N) is 2. The van der Waals surface area contributed by atoms with Crippen LogP contribution in [-0.2, 0) is 26.2 Å². The fourth-order valence-corrected chi connectivity index (χ4v) is 6.52. The predicted molar refractivity (Wildman–Crippen MR) is 159 cm³/mol. The van der Waals surface area contributed by atoms with Gasteiger partial charge in [-0.3, -0.25) is 13.9 Å². The van der Waals surface area contributed by atoms with Crippen LogP contribution in [-0.4, -0.2) is 43.8 Å². The van der Waals surface area contributed by atoms with Crippen LogP contribution in [0.3, 0.4) is 0 Å². The summed E-state index contributed by atoms with van der Waals surface area (Å²) in [6, 6.07) is 21.5. The molecular formula is C31H36ClN3O4S. The van der Waals surface area contributed by atoms with E-state index in [4.69, 9.17) is 11.6 Å². The molecule has 1 saturated carbocycles. The number of carbonyl (C=O) groups is 2. The molecule has 0 spiro atoms. The molecule has 1 fully saturated rings. The Bertz CT molecular complexity index is 1410. The second-order valence-corrected chi connectivity index (χ2v) is 12.6. The van der Waals surface area contributed by atoms with Crippen LogP contribution in [0.4, 0.5) is 5.69 Å². The molecule has 1 aliphatic carbocycles. The van der Waals surface area contributed by atoms with Gasteiger partial charge < -0.3 is 10.2 Å². The van der Waals surface area contributed by atoms with Gasteiger partial charge in [0.05, 0.1) is 10.6 Å². The predicted octanol–water partition coefficient (Wildman–Crippen LogP) is 5.71. The zero-order valence-corrected chi connectivity index (χ0v) is 24.5. The molecule has 1 N–H and O–H groups in total. The fraction of sp³-hybridized carbons (Fsp3) is 0.355. The van der Waals surface area contributed by atoms with Gasteiger partial charge >= 0.3 is 0 Å². The molecule has 7 nitrogen and oxygen atoms in total. The van der Waals surface area contributed by atoms with Crippen molar-refractivity contribution in [3.05, 3.63) is 95.0 Å². The largest absolute Gasteiger partial charge is 0.352 e. The first-order chi connectivity index (χ1) is 19.2. The minimum Gasteiger partial charge on any atom is -0.352 e. The summed E-state index contributed by atoms with van der Waals surface area (Å²) in [5.74, 6) is -0.738. The number of carbonyl (C=O) groups excluding carboxylic acids is 2. The number of hydrogen-bond acceptors (Lipinski definition) is 4. The molecule has 1 atom stereocenters. The van der Waals surface area contributed by atoms with Crippen molar-refractivity contribution in [2.24, 2.45) is 0 Å². The second-order valence-electron chi connectivity index (χ2n) is 10.3. The molecule has 0 bridgehead atoms. The third kappa shape index (κ3) is 7.23. The van der Waals surface area contributed by atoms with Crippen molar-refractivity contribution >= 4 is 39.1 Å². The van der Waals surface area contributed by atoms with Crippen molar-refractivity contribution in [2.45, 2.75) is 69.5 Å². The molecule has 0 aromatic heterocycles. The smallest absolute Gasteiger partial charge is 0.264 e. The average molecular weight is 582 g/mol. The molecule has 9 heteroatoms.